The number of fused-ring (bicyclic) bond motifs is 2. The molecule has 1 saturated heterocycles. The van der Waals surface area contributed by atoms with Crippen LogP contribution in [0.25, 0.3) is 11.8 Å². The Morgan fingerprint density at radius 3 is 2.60 bits per heavy atom. The molecule has 1 fully saturated rings. The first-order valence-corrected chi connectivity index (χ1v) is 14.9. The molecule has 4 heterocycles. The van der Waals surface area contributed by atoms with Gasteiger partial charge < -0.3 is 0 Å². The number of pyridine rings is 1. The number of sulfonamides is 1. The molecule has 1 unspecified atom stereocenters. The van der Waals surface area contributed by atoms with E-state index in [0.717, 1.165) is 22.8 Å². The number of benzene rings is 1. The second-order valence-corrected chi connectivity index (χ2v) is 12.4. The maximum atomic E-state index is 14.3. The lowest BCUT2D eigenvalue weighted by molar-refractivity contribution is -0.137. The highest BCUT2D eigenvalue weighted by atomic mass is 32.2. The summed E-state index contributed by atoms with van der Waals surface area (Å²) in [5, 5.41) is 11.9. The summed E-state index contributed by atoms with van der Waals surface area (Å²) in [5.74, 6) is -1.16. The molecule has 0 spiro atoms. The fraction of sp³-hybridized carbons (Fsp3) is 0.321. The third-order valence-electron chi connectivity index (χ3n) is 7.83. The number of carbonyl (C=O) groups excluding carboxylic acids is 1. The molecule has 224 valence electrons. The van der Waals surface area contributed by atoms with Gasteiger partial charge in [0.15, 0.2) is 10.8 Å². The van der Waals surface area contributed by atoms with Crippen LogP contribution in [0, 0.1) is 11.2 Å². The number of alkyl halides is 3. The molecule has 0 bridgehead atoms. The van der Waals surface area contributed by atoms with E-state index in [9.17, 15) is 30.8 Å². The zero-order chi connectivity index (χ0) is 30.6. The molecule has 0 saturated carbocycles. The number of nitrogens with zero attached hydrogens (tertiary/aromatic N) is 7. The van der Waals surface area contributed by atoms with Crippen LogP contribution in [0.3, 0.4) is 0 Å². The Morgan fingerprint density at radius 1 is 1.12 bits per heavy atom. The summed E-state index contributed by atoms with van der Waals surface area (Å²) < 4.78 is 86.0. The van der Waals surface area contributed by atoms with Gasteiger partial charge in [0.25, 0.3) is 10.0 Å². The Balaban J connectivity index is 1.46. The lowest BCUT2D eigenvalue weighted by atomic mass is 9.65. The zero-order valence-corrected chi connectivity index (χ0v) is 23.6. The summed E-state index contributed by atoms with van der Waals surface area (Å²) in [5.41, 5.74) is -0.728. The van der Waals surface area contributed by atoms with Crippen molar-refractivity contribution in [1.82, 2.24) is 34.1 Å². The number of hydrogen-bond acceptors (Lipinski definition) is 7. The highest BCUT2D eigenvalue weighted by Crippen LogP contribution is 2.47. The molecule has 0 amide bonds. The van der Waals surface area contributed by atoms with E-state index in [0.29, 0.717) is 41.5 Å². The molecule has 6 rings (SSSR count). The lowest BCUT2D eigenvalue weighted by Gasteiger charge is -2.44. The molecule has 1 aliphatic carbocycles. The highest BCUT2D eigenvalue weighted by Gasteiger charge is 2.52. The van der Waals surface area contributed by atoms with Gasteiger partial charge in [-0.3, -0.25) is 9.78 Å². The minimum absolute atomic E-state index is 0.0105. The predicted octanol–water partition coefficient (Wildman–Crippen LogP) is 4.33. The normalized spacial score (nSPS) is 19.0. The van der Waals surface area contributed by atoms with Gasteiger partial charge in [0.05, 0.1) is 34.8 Å². The van der Waals surface area contributed by atoms with E-state index >= 15 is 0 Å². The predicted molar refractivity (Wildman–Crippen MR) is 145 cm³/mol. The summed E-state index contributed by atoms with van der Waals surface area (Å²) in [6.07, 6.45) is 1.29. The van der Waals surface area contributed by atoms with Crippen LogP contribution in [-0.2, 0) is 29.2 Å². The van der Waals surface area contributed by atoms with Gasteiger partial charge >= 0.3 is 6.18 Å². The molecule has 1 atom stereocenters. The van der Waals surface area contributed by atoms with Crippen molar-refractivity contribution in [2.24, 2.45) is 5.41 Å². The minimum Gasteiger partial charge on any atom is -0.291 e. The van der Waals surface area contributed by atoms with Gasteiger partial charge in [0.1, 0.15) is 11.5 Å². The molecule has 0 N–H and O–H groups in total. The summed E-state index contributed by atoms with van der Waals surface area (Å²) in [6, 6.07) is 7.13. The van der Waals surface area contributed by atoms with E-state index in [1.165, 1.54) is 23.0 Å². The third kappa shape index (κ3) is 4.95. The van der Waals surface area contributed by atoms with Gasteiger partial charge in [-0.05, 0) is 67.3 Å². The van der Waals surface area contributed by atoms with Crippen molar-refractivity contribution in [3.05, 3.63) is 88.9 Å². The summed E-state index contributed by atoms with van der Waals surface area (Å²) in [4.78, 5) is 18.3. The van der Waals surface area contributed by atoms with Crippen molar-refractivity contribution >= 4 is 21.9 Å². The molecular weight excluding hydrogens is 590 g/mol. The van der Waals surface area contributed by atoms with Gasteiger partial charge in [-0.1, -0.05) is 17.7 Å². The summed E-state index contributed by atoms with van der Waals surface area (Å²) in [6.45, 7) is 1.84. The number of rotatable bonds is 7. The maximum Gasteiger partial charge on any atom is 0.416 e. The van der Waals surface area contributed by atoms with Gasteiger partial charge in [-0.15, -0.1) is 5.10 Å². The van der Waals surface area contributed by atoms with Crippen molar-refractivity contribution in [3.8, 4) is 5.69 Å². The first-order valence-electron chi connectivity index (χ1n) is 13.4. The number of aromatic nitrogens is 6. The second-order valence-electron chi connectivity index (χ2n) is 10.5. The van der Waals surface area contributed by atoms with Crippen LogP contribution in [0.15, 0.2) is 65.6 Å². The van der Waals surface area contributed by atoms with E-state index in [-0.39, 0.29) is 31.0 Å². The Bertz CT molecular complexity index is 1850. The molecule has 15 heteroatoms. The number of hydrogen-bond donors (Lipinski definition) is 0. The Morgan fingerprint density at radius 2 is 1.88 bits per heavy atom. The molecule has 4 aromatic rings. The van der Waals surface area contributed by atoms with Crippen LogP contribution in [0.5, 0.6) is 0 Å². The Labute approximate surface area is 243 Å². The van der Waals surface area contributed by atoms with E-state index < -0.39 is 44.5 Å². The smallest absolute Gasteiger partial charge is 0.291 e. The first-order chi connectivity index (χ1) is 20.4. The first kappa shape index (κ1) is 28.9. The average Bonchev–Trinajstić information content (AvgIpc) is 3.62. The molecule has 3 aromatic heterocycles. The molecule has 1 aromatic carbocycles. The number of carbonyl (C=O) groups is 1. The number of piperidine rings is 1. The second kappa shape index (κ2) is 10.5. The number of Topliss-reactive ketones (excluding diaryl/α,β-unsaturated/α-hetero) is 1. The van der Waals surface area contributed by atoms with Crippen molar-refractivity contribution in [3.63, 3.8) is 0 Å². The monoisotopic (exact) mass is 615 g/mol. The minimum atomic E-state index is -4.71. The van der Waals surface area contributed by atoms with Crippen LogP contribution < -0.4 is 0 Å². The van der Waals surface area contributed by atoms with Crippen LogP contribution >= 0.6 is 0 Å². The van der Waals surface area contributed by atoms with E-state index in [1.54, 1.807) is 22.9 Å². The molecule has 10 nitrogen and oxygen atoms in total. The largest absolute Gasteiger partial charge is 0.416 e. The zero-order valence-electron chi connectivity index (χ0n) is 22.8. The number of aryl methyl sites for hydroxylation is 1. The van der Waals surface area contributed by atoms with E-state index in [4.69, 9.17) is 0 Å². The molecule has 2 aliphatic rings. The fourth-order valence-corrected chi connectivity index (χ4v) is 7.29. The topological polar surface area (TPSA) is 116 Å². The summed E-state index contributed by atoms with van der Waals surface area (Å²) in [7, 11) is -4.19. The fourth-order valence-electron chi connectivity index (χ4n) is 5.73. The SMILES string of the molecule is CCCn1nncc1S(=O)(=O)N1CCC2=Cc3c(cnn3-c3ccc(F)cc3)CC2(C(=O)c2cc(C(F)(F)F)ccn2)C1. The number of halogens is 4. The van der Waals surface area contributed by atoms with Gasteiger partial charge in [0, 0.05) is 25.8 Å². The quantitative estimate of drug-likeness (QED) is 0.225. The summed E-state index contributed by atoms with van der Waals surface area (Å²) >= 11 is 0. The van der Waals surface area contributed by atoms with Gasteiger partial charge in [0.2, 0.25) is 0 Å². The van der Waals surface area contributed by atoms with Crippen molar-refractivity contribution in [2.75, 3.05) is 13.1 Å². The Hall–Kier alpha value is -4.24. The average molecular weight is 616 g/mol. The van der Waals surface area contributed by atoms with Gasteiger partial charge in [-0.2, -0.15) is 22.6 Å². The van der Waals surface area contributed by atoms with Gasteiger partial charge in [-0.25, -0.2) is 22.2 Å². The molecular formula is C28H25F4N7O3S. The van der Waals surface area contributed by atoms with Crippen LogP contribution in [0.4, 0.5) is 17.6 Å². The van der Waals surface area contributed by atoms with Crippen molar-refractivity contribution in [2.45, 2.75) is 43.9 Å². The van der Waals surface area contributed by atoms with Crippen molar-refractivity contribution < 1.29 is 30.8 Å². The molecule has 43 heavy (non-hydrogen) atoms. The van der Waals surface area contributed by atoms with Crippen LogP contribution in [0.2, 0.25) is 0 Å². The van der Waals surface area contributed by atoms with E-state index in [1.807, 2.05) is 6.92 Å². The number of ketones is 1. The third-order valence-corrected chi connectivity index (χ3v) is 9.66. The van der Waals surface area contributed by atoms with Crippen molar-refractivity contribution in [1.29, 1.82) is 0 Å². The van der Waals surface area contributed by atoms with Crippen LogP contribution in [0.1, 0.15) is 47.1 Å². The van der Waals surface area contributed by atoms with Crippen LogP contribution in [-0.4, -0.2) is 61.4 Å². The van der Waals surface area contributed by atoms with E-state index in [2.05, 4.69) is 20.4 Å². The lowest BCUT2D eigenvalue weighted by Crippen LogP contribution is -2.53. The molecule has 1 aliphatic heterocycles. The highest BCUT2D eigenvalue weighted by molar-refractivity contribution is 7.89. The molecule has 0 radical (unpaired) electrons. The maximum absolute atomic E-state index is 14.3. The Kier molecular flexibility index (Phi) is 7.04. The standard InChI is InChI=1S/C28H25F4N7O3S/c1-2-10-38-25(16-34-36-38)43(41,42)37-11-8-19-13-24-18(15-35-39(24)22-5-3-21(29)4-6-22)14-27(19,17-37)26(40)23-12-20(7-9-33-23)28(30,31)32/h3-7,9,12-13,15-16H,2,8,10-11,14,17H2,1H3.